The summed E-state index contributed by atoms with van der Waals surface area (Å²) in [6, 6.07) is 0. The van der Waals surface area contributed by atoms with Crippen LogP contribution in [0.3, 0.4) is 0 Å². The van der Waals surface area contributed by atoms with Crippen molar-refractivity contribution in [1.82, 2.24) is 4.98 Å². The molecule has 1 nitrogen and oxygen atoms in total. The van der Waals surface area contributed by atoms with Crippen molar-refractivity contribution < 1.29 is 0 Å². The van der Waals surface area contributed by atoms with Gasteiger partial charge in [0.15, 0.2) is 0 Å². The lowest BCUT2D eigenvalue weighted by molar-refractivity contribution is 1.42. The standard InChI is InChI=1S/C6H5NS.C2H6/c1-2-3-6-4-7-5-8-6;1-2/h4-5H,1H3;1-2H3. The molecule has 54 valence electrons. The molecule has 0 unspecified atom stereocenters. The van der Waals surface area contributed by atoms with E-state index in [-0.39, 0.29) is 0 Å². The number of hydrogen-bond acceptors (Lipinski definition) is 2. The summed E-state index contributed by atoms with van der Waals surface area (Å²) in [7, 11) is 0. The molecule has 1 rings (SSSR count). The highest BCUT2D eigenvalue weighted by atomic mass is 32.1. The molecule has 0 atom stereocenters. The topological polar surface area (TPSA) is 12.9 Å². The summed E-state index contributed by atoms with van der Waals surface area (Å²) < 4.78 is 0. The maximum atomic E-state index is 3.86. The average Bonchev–Trinajstić information content (AvgIpc) is 2.46. The fraction of sp³-hybridized carbons (Fsp3) is 0.375. The first-order chi connectivity index (χ1) is 4.93. The lowest BCUT2D eigenvalue weighted by Crippen LogP contribution is -1.56. The Morgan fingerprint density at radius 2 is 2.20 bits per heavy atom. The number of rotatable bonds is 0. The molecule has 1 heterocycles. The van der Waals surface area contributed by atoms with Crippen LogP contribution >= 0.6 is 11.3 Å². The maximum Gasteiger partial charge on any atom is 0.0966 e. The zero-order chi connectivity index (χ0) is 7.82. The van der Waals surface area contributed by atoms with E-state index in [9.17, 15) is 0 Å². The van der Waals surface area contributed by atoms with E-state index >= 15 is 0 Å². The van der Waals surface area contributed by atoms with Gasteiger partial charge in [-0.3, -0.25) is 4.98 Å². The van der Waals surface area contributed by atoms with Crippen LogP contribution in [0.4, 0.5) is 0 Å². The molecule has 0 radical (unpaired) electrons. The van der Waals surface area contributed by atoms with Crippen LogP contribution in [0.2, 0.25) is 0 Å². The lowest BCUT2D eigenvalue weighted by atomic mass is 10.5. The number of hydrogen-bond donors (Lipinski definition) is 0. The summed E-state index contributed by atoms with van der Waals surface area (Å²) in [5.41, 5.74) is 1.78. The van der Waals surface area contributed by atoms with Gasteiger partial charge in [-0.2, -0.15) is 0 Å². The molecule has 0 fully saturated rings. The summed E-state index contributed by atoms with van der Waals surface area (Å²) in [5.74, 6) is 5.68. The summed E-state index contributed by atoms with van der Waals surface area (Å²) in [5, 5.41) is 0. The van der Waals surface area contributed by atoms with Gasteiger partial charge in [0.25, 0.3) is 0 Å². The first-order valence-electron chi connectivity index (χ1n) is 3.24. The Morgan fingerprint density at radius 1 is 1.50 bits per heavy atom. The fourth-order valence-electron chi connectivity index (χ4n) is 0.401. The van der Waals surface area contributed by atoms with Crippen molar-refractivity contribution in [1.29, 1.82) is 0 Å². The number of nitrogens with zero attached hydrogens (tertiary/aromatic N) is 1. The molecule has 0 saturated heterocycles. The van der Waals surface area contributed by atoms with Crippen LogP contribution in [0.1, 0.15) is 25.6 Å². The Bertz CT molecular complexity index is 203. The van der Waals surface area contributed by atoms with E-state index in [0.717, 1.165) is 4.88 Å². The molecule has 10 heavy (non-hydrogen) atoms. The van der Waals surface area contributed by atoms with Gasteiger partial charge in [0.2, 0.25) is 0 Å². The van der Waals surface area contributed by atoms with Gasteiger partial charge in [0, 0.05) is 0 Å². The van der Waals surface area contributed by atoms with Crippen molar-refractivity contribution in [3.05, 3.63) is 16.6 Å². The monoisotopic (exact) mass is 153 g/mol. The molecule has 1 aromatic heterocycles. The highest BCUT2D eigenvalue weighted by Gasteiger charge is 1.81. The molecule has 0 spiro atoms. The van der Waals surface area contributed by atoms with E-state index < -0.39 is 0 Å². The van der Waals surface area contributed by atoms with Crippen molar-refractivity contribution in [2.45, 2.75) is 20.8 Å². The molecule has 0 aromatic carbocycles. The first kappa shape index (κ1) is 9.19. The van der Waals surface area contributed by atoms with E-state index in [1.54, 1.807) is 23.0 Å². The highest BCUT2D eigenvalue weighted by molar-refractivity contribution is 7.10. The van der Waals surface area contributed by atoms with Crippen LogP contribution < -0.4 is 0 Å². The van der Waals surface area contributed by atoms with E-state index in [1.165, 1.54) is 0 Å². The molecule has 0 saturated carbocycles. The third-order valence-electron chi connectivity index (χ3n) is 0.681. The number of thiazole rings is 1. The van der Waals surface area contributed by atoms with Crippen molar-refractivity contribution in [3.63, 3.8) is 0 Å². The molecule has 1 aromatic rings. The Balaban J connectivity index is 0.000000371. The van der Waals surface area contributed by atoms with Gasteiger partial charge in [-0.15, -0.1) is 17.3 Å². The maximum absolute atomic E-state index is 3.86. The fourth-order valence-corrected chi connectivity index (χ4v) is 0.919. The van der Waals surface area contributed by atoms with Gasteiger partial charge in [-0.25, -0.2) is 0 Å². The van der Waals surface area contributed by atoms with E-state index in [2.05, 4.69) is 16.8 Å². The molecule has 0 N–H and O–H groups in total. The Hall–Kier alpha value is -0.810. The van der Waals surface area contributed by atoms with Gasteiger partial charge >= 0.3 is 0 Å². The van der Waals surface area contributed by atoms with Crippen LogP contribution in [-0.4, -0.2) is 4.98 Å². The first-order valence-corrected chi connectivity index (χ1v) is 4.12. The molecular weight excluding hydrogens is 142 g/mol. The Labute approximate surface area is 66.1 Å². The zero-order valence-corrected chi connectivity index (χ0v) is 7.33. The quantitative estimate of drug-likeness (QED) is 0.522. The molecule has 0 bridgehead atoms. The van der Waals surface area contributed by atoms with Gasteiger partial charge < -0.3 is 0 Å². The van der Waals surface area contributed by atoms with Crippen LogP contribution in [0.25, 0.3) is 0 Å². The molecule has 2 heteroatoms. The van der Waals surface area contributed by atoms with E-state index in [4.69, 9.17) is 0 Å². The summed E-state index contributed by atoms with van der Waals surface area (Å²) in [4.78, 5) is 4.89. The van der Waals surface area contributed by atoms with Crippen LogP contribution in [-0.2, 0) is 0 Å². The second-order valence-corrected chi connectivity index (χ2v) is 2.13. The van der Waals surface area contributed by atoms with Crippen molar-refractivity contribution in [2.24, 2.45) is 0 Å². The van der Waals surface area contributed by atoms with Crippen molar-refractivity contribution in [2.75, 3.05) is 0 Å². The average molecular weight is 153 g/mol. The minimum absolute atomic E-state index is 1.03. The van der Waals surface area contributed by atoms with E-state index in [1.807, 2.05) is 20.8 Å². The second kappa shape index (κ2) is 6.31. The van der Waals surface area contributed by atoms with Crippen LogP contribution in [0.15, 0.2) is 11.7 Å². The minimum Gasteiger partial charge on any atom is -0.252 e. The lowest BCUT2D eigenvalue weighted by Gasteiger charge is -1.67. The predicted octanol–water partition coefficient (Wildman–Crippen LogP) is 2.54. The molecule has 0 aliphatic heterocycles. The van der Waals surface area contributed by atoms with E-state index in [0.29, 0.717) is 0 Å². The second-order valence-electron chi connectivity index (χ2n) is 1.24. The van der Waals surface area contributed by atoms with Crippen LogP contribution in [0, 0.1) is 11.8 Å². The molecule has 0 amide bonds. The zero-order valence-electron chi connectivity index (χ0n) is 6.51. The van der Waals surface area contributed by atoms with Gasteiger partial charge in [-0.05, 0) is 6.92 Å². The Morgan fingerprint density at radius 3 is 2.60 bits per heavy atom. The summed E-state index contributed by atoms with van der Waals surface area (Å²) in [6.45, 7) is 5.82. The smallest absolute Gasteiger partial charge is 0.0966 e. The molecule has 0 aliphatic carbocycles. The third-order valence-corrected chi connectivity index (χ3v) is 1.37. The highest BCUT2D eigenvalue weighted by Crippen LogP contribution is 2.01. The summed E-state index contributed by atoms with van der Waals surface area (Å²) in [6.07, 6.45) is 1.77. The normalized spacial score (nSPS) is 6.70. The number of aromatic nitrogens is 1. The van der Waals surface area contributed by atoms with Gasteiger partial charge in [0.1, 0.15) is 0 Å². The third kappa shape index (κ3) is 3.26. The Kier molecular flexibility index (Phi) is 5.80. The van der Waals surface area contributed by atoms with Gasteiger partial charge in [0.05, 0.1) is 16.6 Å². The predicted molar refractivity (Wildman–Crippen MR) is 46.0 cm³/mol. The van der Waals surface area contributed by atoms with Crippen molar-refractivity contribution >= 4 is 11.3 Å². The largest absolute Gasteiger partial charge is 0.252 e. The van der Waals surface area contributed by atoms with Crippen molar-refractivity contribution in [3.8, 4) is 11.8 Å². The minimum atomic E-state index is 1.03. The van der Waals surface area contributed by atoms with Gasteiger partial charge in [-0.1, -0.05) is 19.8 Å². The summed E-state index contributed by atoms with van der Waals surface area (Å²) >= 11 is 1.56. The van der Waals surface area contributed by atoms with Crippen LogP contribution in [0.5, 0.6) is 0 Å². The molecule has 0 aliphatic rings. The molecular formula is C8H11NS. The SMILES string of the molecule is CC.CC#Cc1cncs1.